The summed E-state index contributed by atoms with van der Waals surface area (Å²) < 4.78 is 39.0. The first-order valence-electron chi connectivity index (χ1n) is 21.8. The number of methoxy groups -OCH3 is 3. The van der Waals surface area contributed by atoms with E-state index >= 15 is 0 Å². The van der Waals surface area contributed by atoms with Crippen molar-refractivity contribution in [1.82, 2.24) is 13.3 Å². The van der Waals surface area contributed by atoms with E-state index in [9.17, 15) is 9.59 Å². The van der Waals surface area contributed by atoms with Gasteiger partial charge in [0.2, 0.25) is 0 Å². The Labute approximate surface area is 392 Å². The van der Waals surface area contributed by atoms with E-state index in [0.29, 0.717) is 84.6 Å². The molecule has 4 aliphatic rings. The number of halogens is 1. The van der Waals surface area contributed by atoms with E-state index in [4.69, 9.17) is 38.4 Å². The molecule has 14 heteroatoms. The van der Waals surface area contributed by atoms with Crippen LogP contribution in [0.25, 0.3) is 11.1 Å². The molecule has 0 bridgehead atoms. The molecule has 4 aromatic carbocycles. The molecule has 4 heterocycles. The van der Waals surface area contributed by atoms with Gasteiger partial charge in [0.15, 0.2) is 23.0 Å². The van der Waals surface area contributed by atoms with Crippen molar-refractivity contribution in [2.24, 2.45) is 9.98 Å². The Bertz CT molecular complexity index is 2550. The zero-order valence-corrected chi connectivity index (χ0v) is 40.4. The van der Waals surface area contributed by atoms with Gasteiger partial charge in [-0.3, -0.25) is 19.6 Å². The van der Waals surface area contributed by atoms with Gasteiger partial charge in [-0.15, -0.1) is 0 Å². The molecule has 0 radical (unpaired) electrons. The molecule has 0 fully saturated rings. The van der Waals surface area contributed by atoms with Crippen molar-refractivity contribution in [1.29, 1.82) is 0 Å². The van der Waals surface area contributed by atoms with E-state index < -0.39 is 5.60 Å². The van der Waals surface area contributed by atoms with Crippen LogP contribution in [0.3, 0.4) is 0 Å². The monoisotopic (exact) mass is 994 g/mol. The van der Waals surface area contributed by atoms with Gasteiger partial charge in [0.05, 0.1) is 69.1 Å². The van der Waals surface area contributed by atoms with Crippen LogP contribution in [0.2, 0.25) is 0 Å². The second kappa shape index (κ2) is 19.4. The van der Waals surface area contributed by atoms with Gasteiger partial charge < -0.3 is 33.5 Å². The molecule has 1 N–H and O–H groups in total. The summed E-state index contributed by atoms with van der Waals surface area (Å²) >= 11 is -0.000438. The van der Waals surface area contributed by atoms with Crippen LogP contribution >= 0.6 is 0 Å². The summed E-state index contributed by atoms with van der Waals surface area (Å²) in [6, 6.07) is 22.7. The van der Waals surface area contributed by atoms with Gasteiger partial charge in [0, 0.05) is 43.6 Å². The van der Waals surface area contributed by atoms with Gasteiger partial charge in [-0.25, -0.2) is 0 Å². The zero-order valence-electron chi connectivity index (χ0n) is 38.3. The molecule has 2 atom stereocenters. The van der Waals surface area contributed by atoms with Crippen molar-refractivity contribution in [3.8, 4) is 28.7 Å². The van der Waals surface area contributed by atoms with Crippen molar-refractivity contribution in [2.75, 3.05) is 46.1 Å². The smallest absolute Gasteiger partial charge is 0.258 e. The molecule has 4 aromatic rings. The number of amides is 2. The van der Waals surface area contributed by atoms with Crippen LogP contribution in [0.4, 0.5) is 11.4 Å². The van der Waals surface area contributed by atoms with E-state index in [1.807, 2.05) is 49.1 Å². The third-order valence-electron chi connectivity index (χ3n) is 12.2. The Hall–Kier alpha value is -5.71. The van der Waals surface area contributed by atoms with Crippen molar-refractivity contribution in [3.63, 3.8) is 0 Å². The molecule has 0 aromatic heterocycles. The number of ether oxygens (including phenoxy) is 6. The fourth-order valence-electron chi connectivity index (χ4n) is 8.40. The third-order valence-corrected chi connectivity index (χ3v) is 14.2. The summed E-state index contributed by atoms with van der Waals surface area (Å²) in [5, 5.41) is 0. The molecule has 13 nitrogen and oxygen atoms in total. The minimum absolute atomic E-state index is 0.000438. The van der Waals surface area contributed by atoms with Crippen LogP contribution in [-0.4, -0.2) is 97.7 Å². The quantitative estimate of drug-likeness (QED) is 0.0540. The summed E-state index contributed by atoms with van der Waals surface area (Å²) in [5.41, 5.74) is 6.84. The molecule has 65 heavy (non-hydrogen) atoms. The molecular formula is C51H57IN5O8-. The van der Waals surface area contributed by atoms with Gasteiger partial charge in [0.25, 0.3) is 11.8 Å². The Morgan fingerprint density at radius 3 is 1.62 bits per heavy atom. The number of nitrogens with zero attached hydrogens (tertiary/aromatic N) is 4. The number of aliphatic imine (C=N–C) groups is 2. The molecule has 342 valence electrons. The van der Waals surface area contributed by atoms with Crippen LogP contribution in [0.15, 0.2) is 95.2 Å². The van der Waals surface area contributed by atoms with Gasteiger partial charge in [-0.2, -0.15) is 0 Å². The molecule has 8 rings (SSSR count). The summed E-state index contributed by atoms with van der Waals surface area (Å²) in [4.78, 5) is 43.1. The van der Waals surface area contributed by atoms with Crippen LogP contribution in [-0.2, 0) is 10.3 Å². The Morgan fingerprint density at radius 1 is 0.662 bits per heavy atom. The SMILES string of the molecule is COc1ccc(C2=CN3C(=O)c4cc(OC)c(OCCCOc5cc6c(cc5OC)C(=O)N5C=C(c7ccc(C(C)(C)OCCC(C)(C)N[I-]C)cc7)C[C@H]5C=N6)cc4N=CC3C2)cc1. The fourth-order valence-corrected chi connectivity index (χ4v) is 10.1. The van der Waals surface area contributed by atoms with Crippen LogP contribution in [0.5, 0.6) is 28.7 Å². The van der Waals surface area contributed by atoms with E-state index in [2.05, 4.69) is 60.4 Å². The zero-order chi connectivity index (χ0) is 45.9. The molecule has 0 aliphatic carbocycles. The van der Waals surface area contributed by atoms with Crippen molar-refractivity contribution in [2.45, 2.75) is 76.6 Å². The van der Waals surface area contributed by atoms with Gasteiger partial charge >= 0.3 is 140 Å². The van der Waals surface area contributed by atoms with Crippen LogP contribution < -0.4 is 48.7 Å². The number of hydrogen-bond acceptors (Lipinski definition) is 11. The molecule has 0 saturated heterocycles. The topological polar surface area (TPSA) is 133 Å². The summed E-state index contributed by atoms with van der Waals surface area (Å²) in [5.74, 6) is 2.29. The maximum atomic E-state index is 14.0. The average molecular weight is 995 g/mol. The number of fused-ring (bicyclic) bond motifs is 4. The predicted octanol–water partition coefficient (Wildman–Crippen LogP) is 6.15. The maximum absolute atomic E-state index is 14.0. The fraction of sp³-hybridized carbons (Fsp3) is 0.373. The number of benzene rings is 4. The minimum Gasteiger partial charge on any atom is -0.258 e. The summed E-state index contributed by atoms with van der Waals surface area (Å²) in [6.45, 7) is 9.93. The van der Waals surface area contributed by atoms with Crippen molar-refractivity contribution in [3.05, 3.63) is 113 Å². The number of alkyl halides is 1. The van der Waals surface area contributed by atoms with E-state index in [1.54, 1.807) is 55.4 Å². The van der Waals surface area contributed by atoms with E-state index in [-0.39, 0.29) is 50.9 Å². The summed E-state index contributed by atoms with van der Waals surface area (Å²) in [6.07, 6.45) is 10.2. The van der Waals surface area contributed by atoms with Crippen LogP contribution in [0, 0.1) is 0 Å². The number of carbonyl (C=O) groups is 2. The Morgan fingerprint density at radius 2 is 1.15 bits per heavy atom. The first-order valence-corrected chi connectivity index (χ1v) is 25.0. The number of carbonyl (C=O) groups excluding carboxylic acids is 2. The molecular weight excluding hydrogens is 937 g/mol. The molecule has 1 unspecified atom stereocenters. The molecule has 4 aliphatic heterocycles. The Balaban J connectivity index is 0.871. The van der Waals surface area contributed by atoms with Gasteiger partial charge in [-0.05, 0) is 35.4 Å². The third kappa shape index (κ3) is 9.94. The second-order valence-corrected chi connectivity index (χ2v) is 19.1. The van der Waals surface area contributed by atoms with Gasteiger partial charge in [-0.1, -0.05) is 12.1 Å². The standard InChI is InChI=1S/C51H57IN5O8/c1-50(2,55-52-5)18-21-65-51(3,4)36-14-10-32(11-15-36)34-22-37-28-53-42-26-46(44(61-7)24-40(42)48(58)56(37)30-34)63-19-9-20-64-47-27-43-41(25-45(47)62-8)49(59)57-31-35(23-38(57)29-54-43)33-12-16-39(60-6)17-13-33/h10-17,24-31,37-38,55H,9,18-23H2,1-8H3/q-1/t37-,38?/m0/s1. The molecule has 0 spiro atoms. The first kappa shape index (κ1) is 45.8. The summed E-state index contributed by atoms with van der Waals surface area (Å²) in [7, 11) is 4.74. The van der Waals surface area contributed by atoms with E-state index in [0.717, 1.165) is 40.0 Å². The average Bonchev–Trinajstić information content (AvgIpc) is 3.88. The van der Waals surface area contributed by atoms with Crippen LogP contribution in [0.1, 0.15) is 90.8 Å². The minimum atomic E-state index is -0.435. The number of rotatable bonds is 18. The van der Waals surface area contributed by atoms with Crippen molar-refractivity contribution >= 4 is 46.8 Å². The van der Waals surface area contributed by atoms with Crippen molar-refractivity contribution < 1.29 is 59.5 Å². The molecule has 2 amide bonds. The first-order chi connectivity index (χ1) is 31.3. The Kier molecular flexibility index (Phi) is 13.7. The molecule has 0 saturated carbocycles. The van der Waals surface area contributed by atoms with E-state index in [1.165, 1.54) is 0 Å². The number of nitrogens with one attached hydrogen (secondary N) is 1. The van der Waals surface area contributed by atoms with Gasteiger partial charge in [0.1, 0.15) is 5.75 Å². The predicted molar refractivity (Wildman–Crippen MR) is 249 cm³/mol. The second-order valence-electron chi connectivity index (χ2n) is 17.5. The normalized spacial score (nSPS) is 17.7. The number of hydrogen-bond donors (Lipinski definition) is 1.